The highest BCUT2D eigenvalue weighted by Crippen LogP contribution is 2.26. The number of hydrogen-bond acceptors (Lipinski definition) is 4. The zero-order valence-electron chi connectivity index (χ0n) is 20.0. The van der Waals surface area contributed by atoms with Crippen LogP contribution in [0.1, 0.15) is 29.2 Å². The van der Waals surface area contributed by atoms with E-state index in [1.165, 1.54) is 6.07 Å². The molecule has 1 heterocycles. The third kappa shape index (κ3) is 4.69. The molecule has 0 amide bonds. The molecule has 8 heteroatoms. The summed E-state index contributed by atoms with van der Waals surface area (Å²) in [6.45, 7) is 9.53. The first-order valence-corrected chi connectivity index (χ1v) is 12.6. The van der Waals surface area contributed by atoms with Crippen molar-refractivity contribution in [2.75, 3.05) is 11.9 Å². The van der Waals surface area contributed by atoms with Crippen molar-refractivity contribution >= 4 is 26.6 Å². The summed E-state index contributed by atoms with van der Waals surface area (Å²) < 4.78 is 44.4. The molecule has 4 aromatic rings. The second-order valence-electron chi connectivity index (χ2n) is 8.86. The standard InChI is InChI=1S/C26H29FN4O2S/c1-16-11-18(3)26(19(4)12-16)34(32,33)30-20(5)14-28-24-7-6-8-25-22(24)15-29-31(25)21-9-10-23(27)17(2)13-21/h6-13,15,20,28,30H,14H2,1-5H3/t20-/m0/s1. The lowest BCUT2D eigenvalue weighted by Gasteiger charge is -2.18. The molecule has 2 N–H and O–H groups in total. The van der Waals surface area contributed by atoms with Crippen LogP contribution in [0.3, 0.4) is 0 Å². The van der Waals surface area contributed by atoms with Gasteiger partial charge in [-0.3, -0.25) is 0 Å². The summed E-state index contributed by atoms with van der Waals surface area (Å²) >= 11 is 0. The molecule has 0 aliphatic rings. The molecule has 34 heavy (non-hydrogen) atoms. The Morgan fingerprint density at radius 2 is 1.71 bits per heavy atom. The van der Waals surface area contributed by atoms with Crippen LogP contribution in [-0.4, -0.2) is 30.8 Å². The van der Waals surface area contributed by atoms with Crippen LogP contribution in [0.25, 0.3) is 16.6 Å². The van der Waals surface area contributed by atoms with Crippen LogP contribution < -0.4 is 10.0 Å². The maximum absolute atomic E-state index is 13.7. The molecule has 0 radical (unpaired) electrons. The van der Waals surface area contributed by atoms with Crippen LogP contribution in [0.5, 0.6) is 0 Å². The summed E-state index contributed by atoms with van der Waals surface area (Å²) in [7, 11) is -3.66. The highest BCUT2D eigenvalue weighted by Gasteiger charge is 2.22. The second-order valence-corrected chi connectivity index (χ2v) is 10.5. The average Bonchev–Trinajstić information content (AvgIpc) is 3.17. The summed E-state index contributed by atoms with van der Waals surface area (Å²) in [5.74, 6) is -0.255. The molecule has 0 aliphatic carbocycles. The van der Waals surface area contributed by atoms with Gasteiger partial charge in [0.05, 0.1) is 22.3 Å². The molecular formula is C26H29FN4O2S. The van der Waals surface area contributed by atoms with Crippen molar-refractivity contribution in [2.24, 2.45) is 0 Å². The molecule has 0 spiro atoms. The van der Waals surface area contributed by atoms with E-state index in [-0.39, 0.29) is 11.9 Å². The number of sulfonamides is 1. The summed E-state index contributed by atoms with van der Waals surface area (Å²) in [6, 6.07) is 14.1. The van der Waals surface area contributed by atoms with E-state index in [0.717, 1.165) is 39.0 Å². The Bertz CT molecular complexity index is 1450. The van der Waals surface area contributed by atoms with Gasteiger partial charge < -0.3 is 5.32 Å². The maximum atomic E-state index is 13.7. The predicted octanol–water partition coefficient (Wildman–Crippen LogP) is 5.18. The van der Waals surface area contributed by atoms with Crippen LogP contribution in [0, 0.1) is 33.5 Å². The molecule has 4 rings (SSSR count). The summed E-state index contributed by atoms with van der Waals surface area (Å²) in [5.41, 5.74) is 5.54. The highest BCUT2D eigenvalue weighted by molar-refractivity contribution is 7.89. The summed E-state index contributed by atoms with van der Waals surface area (Å²) in [4.78, 5) is 0.336. The fraction of sp³-hybridized carbons (Fsp3) is 0.269. The molecule has 0 unspecified atom stereocenters. The van der Waals surface area contributed by atoms with Crippen molar-refractivity contribution in [3.63, 3.8) is 0 Å². The van der Waals surface area contributed by atoms with Gasteiger partial charge in [-0.25, -0.2) is 22.2 Å². The maximum Gasteiger partial charge on any atom is 0.241 e. The minimum atomic E-state index is -3.66. The van der Waals surface area contributed by atoms with Crippen LogP contribution >= 0.6 is 0 Å². The van der Waals surface area contributed by atoms with Crippen molar-refractivity contribution in [2.45, 2.75) is 45.6 Å². The molecule has 6 nitrogen and oxygen atoms in total. The zero-order chi connectivity index (χ0) is 24.6. The fourth-order valence-corrected chi connectivity index (χ4v) is 6.09. The van der Waals surface area contributed by atoms with Gasteiger partial charge in [-0.15, -0.1) is 0 Å². The normalized spacial score (nSPS) is 12.8. The second kappa shape index (κ2) is 9.19. The van der Waals surface area contributed by atoms with E-state index >= 15 is 0 Å². The molecule has 0 saturated heterocycles. The van der Waals surface area contributed by atoms with E-state index in [1.807, 2.05) is 58.0 Å². The third-order valence-corrected chi connectivity index (χ3v) is 7.72. The number of aromatic nitrogens is 2. The van der Waals surface area contributed by atoms with Gasteiger partial charge in [0.2, 0.25) is 10.0 Å². The number of nitrogens with one attached hydrogen (secondary N) is 2. The van der Waals surface area contributed by atoms with Gasteiger partial charge in [-0.1, -0.05) is 23.8 Å². The Kier molecular flexibility index (Phi) is 6.47. The fourth-order valence-electron chi connectivity index (χ4n) is 4.39. The highest BCUT2D eigenvalue weighted by atomic mass is 32.2. The minimum absolute atomic E-state index is 0.255. The molecule has 178 valence electrons. The van der Waals surface area contributed by atoms with E-state index in [9.17, 15) is 12.8 Å². The number of aryl methyl sites for hydroxylation is 4. The van der Waals surface area contributed by atoms with Crippen molar-refractivity contribution < 1.29 is 12.8 Å². The number of hydrogen-bond donors (Lipinski definition) is 2. The van der Waals surface area contributed by atoms with E-state index < -0.39 is 10.0 Å². The Labute approximate surface area is 199 Å². The monoisotopic (exact) mass is 480 g/mol. The van der Waals surface area contributed by atoms with Gasteiger partial charge in [0, 0.05) is 23.7 Å². The van der Waals surface area contributed by atoms with Gasteiger partial charge in [-0.2, -0.15) is 5.10 Å². The minimum Gasteiger partial charge on any atom is -0.383 e. The van der Waals surface area contributed by atoms with Crippen molar-refractivity contribution in [3.8, 4) is 5.69 Å². The van der Waals surface area contributed by atoms with Crippen LogP contribution in [-0.2, 0) is 10.0 Å². The first-order chi connectivity index (χ1) is 16.1. The van der Waals surface area contributed by atoms with E-state index in [0.29, 0.717) is 17.0 Å². The lowest BCUT2D eigenvalue weighted by molar-refractivity contribution is 0.564. The van der Waals surface area contributed by atoms with Crippen molar-refractivity contribution in [1.29, 1.82) is 0 Å². The number of benzene rings is 3. The Hall–Kier alpha value is -3.23. The molecule has 0 saturated carbocycles. The number of fused-ring (bicyclic) bond motifs is 1. The largest absolute Gasteiger partial charge is 0.383 e. The van der Waals surface area contributed by atoms with Gasteiger partial charge >= 0.3 is 0 Å². The zero-order valence-corrected chi connectivity index (χ0v) is 20.8. The number of nitrogens with zero attached hydrogens (tertiary/aromatic N) is 2. The summed E-state index contributed by atoms with van der Waals surface area (Å²) in [6.07, 6.45) is 1.75. The van der Waals surface area contributed by atoms with Gasteiger partial charge in [0.25, 0.3) is 0 Å². The first-order valence-electron chi connectivity index (χ1n) is 11.1. The molecule has 0 fully saturated rings. The van der Waals surface area contributed by atoms with Gasteiger partial charge in [-0.05, 0) is 81.6 Å². The average molecular weight is 481 g/mol. The number of halogens is 1. The Balaban J connectivity index is 1.53. The molecular weight excluding hydrogens is 451 g/mol. The lowest BCUT2D eigenvalue weighted by Crippen LogP contribution is -2.38. The van der Waals surface area contributed by atoms with Crippen molar-refractivity contribution in [3.05, 3.63) is 82.8 Å². The Morgan fingerprint density at radius 3 is 2.38 bits per heavy atom. The number of anilines is 1. The molecule has 1 aromatic heterocycles. The van der Waals surface area contributed by atoms with Gasteiger partial charge in [0.15, 0.2) is 0 Å². The van der Waals surface area contributed by atoms with Crippen LogP contribution in [0.15, 0.2) is 59.6 Å². The third-order valence-electron chi connectivity index (χ3n) is 5.83. The number of rotatable bonds is 7. The topological polar surface area (TPSA) is 76.0 Å². The summed E-state index contributed by atoms with van der Waals surface area (Å²) in [5, 5.41) is 8.73. The van der Waals surface area contributed by atoms with Crippen molar-refractivity contribution in [1.82, 2.24) is 14.5 Å². The smallest absolute Gasteiger partial charge is 0.241 e. The first kappa shape index (κ1) is 23.9. The predicted molar refractivity (Wildman–Crippen MR) is 135 cm³/mol. The van der Waals surface area contributed by atoms with E-state index in [1.54, 1.807) is 29.9 Å². The SMILES string of the molecule is Cc1cc(C)c(S(=O)(=O)N[C@@H](C)CNc2cccc3c2cnn3-c2ccc(F)c(C)c2)c(C)c1. The lowest BCUT2D eigenvalue weighted by atomic mass is 10.1. The molecule has 0 bridgehead atoms. The van der Waals surface area contributed by atoms with Crippen LogP contribution in [0.2, 0.25) is 0 Å². The van der Waals surface area contributed by atoms with Crippen LogP contribution in [0.4, 0.5) is 10.1 Å². The van der Waals surface area contributed by atoms with E-state index in [4.69, 9.17) is 0 Å². The molecule has 3 aromatic carbocycles. The Morgan fingerprint density at radius 1 is 1.00 bits per heavy atom. The quantitative estimate of drug-likeness (QED) is 0.382. The van der Waals surface area contributed by atoms with Gasteiger partial charge in [0.1, 0.15) is 5.82 Å². The molecule has 0 aliphatic heterocycles. The molecule has 1 atom stereocenters. The van der Waals surface area contributed by atoms with E-state index in [2.05, 4.69) is 15.1 Å².